The molecule has 0 saturated carbocycles. The Balaban J connectivity index is 1.84. The number of hydrogen-bond acceptors (Lipinski definition) is 3. The number of rotatable bonds is 3. The number of ether oxygens (including phenoxy) is 1. The number of ketones is 1. The lowest BCUT2D eigenvalue weighted by molar-refractivity contribution is -0.274. The number of hydrogen-bond donors (Lipinski definition) is 1. The van der Waals surface area contributed by atoms with Gasteiger partial charge in [0.2, 0.25) is 0 Å². The molecule has 3 rings (SSSR count). The van der Waals surface area contributed by atoms with Crippen LogP contribution < -0.4 is 10.1 Å². The second kappa shape index (κ2) is 6.20. The molecule has 0 amide bonds. The third-order valence-electron chi connectivity index (χ3n) is 4.00. The predicted molar refractivity (Wildman–Crippen MR) is 80.6 cm³/mol. The highest BCUT2D eigenvalue weighted by atomic mass is 19.4. The number of halogens is 3. The van der Waals surface area contributed by atoms with Crippen LogP contribution in [-0.2, 0) is 0 Å². The van der Waals surface area contributed by atoms with E-state index < -0.39 is 6.36 Å². The van der Waals surface area contributed by atoms with E-state index in [-0.39, 0.29) is 17.5 Å². The van der Waals surface area contributed by atoms with Gasteiger partial charge >= 0.3 is 6.36 Å². The van der Waals surface area contributed by atoms with Crippen LogP contribution in [0.4, 0.5) is 13.2 Å². The van der Waals surface area contributed by atoms with Crippen molar-refractivity contribution in [3.8, 4) is 5.75 Å². The maximum atomic E-state index is 12.5. The maximum Gasteiger partial charge on any atom is 0.573 e. The molecule has 23 heavy (non-hydrogen) atoms. The molecule has 1 aliphatic rings. The number of benzene rings is 2. The summed E-state index contributed by atoms with van der Waals surface area (Å²) in [6.45, 7) is 1.61. The molecule has 2 aromatic rings. The summed E-state index contributed by atoms with van der Waals surface area (Å²) in [5.74, 6) is -0.218. The minimum atomic E-state index is -4.71. The molecule has 1 unspecified atom stereocenters. The fourth-order valence-corrected chi connectivity index (χ4v) is 2.89. The van der Waals surface area contributed by atoms with Crippen molar-refractivity contribution in [1.29, 1.82) is 0 Å². The minimum absolute atomic E-state index is 0.0333. The van der Waals surface area contributed by atoms with Gasteiger partial charge in [-0.05, 0) is 48.4 Å². The van der Waals surface area contributed by atoms with Crippen LogP contribution in [0, 0.1) is 5.92 Å². The van der Waals surface area contributed by atoms with E-state index in [1.807, 2.05) is 0 Å². The number of nitrogens with one attached hydrogen (secondary N) is 1. The van der Waals surface area contributed by atoms with Crippen molar-refractivity contribution >= 4 is 16.6 Å². The highest BCUT2D eigenvalue weighted by Gasteiger charge is 2.31. The summed E-state index contributed by atoms with van der Waals surface area (Å²) < 4.78 is 40.6. The van der Waals surface area contributed by atoms with Crippen molar-refractivity contribution < 1.29 is 22.7 Å². The first-order chi connectivity index (χ1) is 10.9. The summed E-state index contributed by atoms with van der Waals surface area (Å²) in [6, 6.07) is 9.15. The van der Waals surface area contributed by atoms with Gasteiger partial charge in [-0.25, -0.2) is 0 Å². The smallest absolute Gasteiger partial charge is 0.406 e. The predicted octanol–water partition coefficient (Wildman–Crippen LogP) is 3.92. The highest BCUT2D eigenvalue weighted by molar-refractivity contribution is 6.01. The van der Waals surface area contributed by atoms with Gasteiger partial charge in [0.25, 0.3) is 0 Å². The normalized spacial score (nSPS) is 18.8. The zero-order valence-electron chi connectivity index (χ0n) is 12.3. The summed E-state index contributed by atoms with van der Waals surface area (Å²) in [5.41, 5.74) is 0.593. The van der Waals surface area contributed by atoms with E-state index in [9.17, 15) is 18.0 Å². The first-order valence-corrected chi connectivity index (χ1v) is 7.47. The summed E-state index contributed by atoms with van der Waals surface area (Å²) in [7, 11) is 0. The van der Waals surface area contributed by atoms with Crippen LogP contribution in [0.1, 0.15) is 23.2 Å². The molecule has 3 nitrogen and oxygen atoms in total. The van der Waals surface area contributed by atoms with Crippen molar-refractivity contribution in [2.75, 3.05) is 13.1 Å². The van der Waals surface area contributed by atoms with Crippen LogP contribution in [0.2, 0.25) is 0 Å². The van der Waals surface area contributed by atoms with Gasteiger partial charge in [0.15, 0.2) is 5.78 Å². The van der Waals surface area contributed by atoms with Crippen LogP contribution in [0.3, 0.4) is 0 Å². The third-order valence-corrected chi connectivity index (χ3v) is 4.00. The number of carbonyl (C=O) groups excluding carboxylic acids is 1. The van der Waals surface area contributed by atoms with E-state index in [1.165, 1.54) is 18.2 Å². The molecular formula is C17H16F3NO2. The Bertz CT molecular complexity index is 721. The molecule has 0 radical (unpaired) electrons. The SMILES string of the molecule is O=C(c1ccc2cc(OC(F)(F)F)ccc2c1)C1CCCNC1. The maximum absolute atomic E-state index is 12.5. The van der Waals surface area contributed by atoms with Crippen LogP contribution in [0.15, 0.2) is 36.4 Å². The number of Topliss-reactive ketones (excluding diaryl/α,β-unsaturated/α-hetero) is 1. The van der Waals surface area contributed by atoms with Crippen LogP contribution >= 0.6 is 0 Å². The van der Waals surface area contributed by atoms with Gasteiger partial charge < -0.3 is 10.1 Å². The first-order valence-electron chi connectivity index (χ1n) is 7.47. The van der Waals surface area contributed by atoms with Gasteiger partial charge in [-0.2, -0.15) is 0 Å². The van der Waals surface area contributed by atoms with Gasteiger partial charge in [-0.1, -0.05) is 18.2 Å². The number of alkyl halides is 3. The monoisotopic (exact) mass is 323 g/mol. The van der Waals surface area contributed by atoms with E-state index >= 15 is 0 Å². The van der Waals surface area contributed by atoms with Crippen molar-refractivity contribution in [3.05, 3.63) is 42.0 Å². The van der Waals surface area contributed by atoms with Gasteiger partial charge in [0.05, 0.1) is 0 Å². The summed E-state index contributed by atoms with van der Waals surface area (Å²) in [6.07, 6.45) is -2.87. The average molecular weight is 323 g/mol. The molecule has 1 atom stereocenters. The molecule has 1 fully saturated rings. The molecule has 1 N–H and O–H groups in total. The molecule has 1 heterocycles. The fourth-order valence-electron chi connectivity index (χ4n) is 2.89. The Hall–Kier alpha value is -2.08. The molecular weight excluding hydrogens is 307 g/mol. The van der Waals surface area contributed by atoms with Crippen LogP contribution in [-0.4, -0.2) is 25.2 Å². The Labute approximate surface area is 131 Å². The zero-order chi connectivity index (χ0) is 16.4. The molecule has 0 spiro atoms. The Morgan fingerprint density at radius 3 is 2.57 bits per heavy atom. The molecule has 0 aliphatic carbocycles. The molecule has 122 valence electrons. The summed E-state index contributed by atoms with van der Waals surface area (Å²) in [4.78, 5) is 12.5. The lowest BCUT2D eigenvalue weighted by atomic mass is 9.90. The topological polar surface area (TPSA) is 38.3 Å². The van der Waals surface area contributed by atoms with Gasteiger partial charge in [0.1, 0.15) is 5.75 Å². The number of piperidine rings is 1. The second-order valence-electron chi connectivity index (χ2n) is 5.68. The first kappa shape index (κ1) is 15.8. The van der Waals surface area contributed by atoms with Gasteiger partial charge in [-0.3, -0.25) is 4.79 Å². The lowest BCUT2D eigenvalue weighted by Crippen LogP contribution is -2.34. The minimum Gasteiger partial charge on any atom is -0.406 e. The molecule has 2 aromatic carbocycles. The summed E-state index contributed by atoms with van der Waals surface area (Å²) in [5, 5.41) is 4.53. The molecule has 1 aliphatic heterocycles. The number of fused-ring (bicyclic) bond motifs is 1. The van der Waals surface area contributed by atoms with E-state index in [2.05, 4.69) is 10.1 Å². The van der Waals surface area contributed by atoms with E-state index in [1.54, 1.807) is 18.2 Å². The van der Waals surface area contributed by atoms with Crippen LogP contribution in [0.25, 0.3) is 10.8 Å². The molecule has 1 saturated heterocycles. The Kier molecular flexibility index (Phi) is 4.26. The molecule has 0 bridgehead atoms. The van der Waals surface area contributed by atoms with Crippen molar-refractivity contribution in [3.63, 3.8) is 0 Å². The van der Waals surface area contributed by atoms with Gasteiger partial charge in [0, 0.05) is 18.0 Å². The lowest BCUT2D eigenvalue weighted by Gasteiger charge is -2.21. The van der Waals surface area contributed by atoms with Crippen molar-refractivity contribution in [2.45, 2.75) is 19.2 Å². The fraction of sp³-hybridized carbons (Fsp3) is 0.353. The standard InChI is InChI=1S/C17H16F3NO2/c18-17(19,20)23-15-6-5-11-8-13(4-3-12(11)9-15)16(22)14-2-1-7-21-10-14/h3-6,8-9,14,21H,1-2,7,10H2. The zero-order valence-corrected chi connectivity index (χ0v) is 12.3. The summed E-state index contributed by atoms with van der Waals surface area (Å²) >= 11 is 0. The molecule has 0 aromatic heterocycles. The number of carbonyl (C=O) groups is 1. The third kappa shape index (κ3) is 3.82. The Morgan fingerprint density at radius 1 is 1.13 bits per heavy atom. The molecule has 6 heteroatoms. The van der Waals surface area contributed by atoms with Crippen LogP contribution in [0.5, 0.6) is 5.75 Å². The van der Waals surface area contributed by atoms with Crippen molar-refractivity contribution in [1.82, 2.24) is 5.32 Å². The van der Waals surface area contributed by atoms with E-state index in [0.29, 0.717) is 22.9 Å². The van der Waals surface area contributed by atoms with Crippen molar-refractivity contribution in [2.24, 2.45) is 5.92 Å². The van der Waals surface area contributed by atoms with E-state index in [0.717, 1.165) is 19.4 Å². The van der Waals surface area contributed by atoms with Gasteiger partial charge in [-0.15, -0.1) is 13.2 Å². The second-order valence-corrected chi connectivity index (χ2v) is 5.68. The van der Waals surface area contributed by atoms with E-state index in [4.69, 9.17) is 0 Å². The average Bonchev–Trinajstić information content (AvgIpc) is 2.53. The Morgan fingerprint density at radius 2 is 1.87 bits per heavy atom. The quantitative estimate of drug-likeness (QED) is 0.870. The highest BCUT2D eigenvalue weighted by Crippen LogP contribution is 2.28. The largest absolute Gasteiger partial charge is 0.573 e.